The fourth-order valence-corrected chi connectivity index (χ4v) is 2.11. The van der Waals surface area contributed by atoms with Crippen LogP contribution >= 0.6 is 10.7 Å². The molecule has 1 heterocycles. The highest BCUT2D eigenvalue weighted by molar-refractivity contribution is 8.14. The van der Waals surface area contributed by atoms with E-state index in [1.807, 2.05) is 0 Å². The van der Waals surface area contributed by atoms with Gasteiger partial charge in [-0.2, -0.15) is 0 Å². The van der Waals surface area contributed by atoms with Crippen LogP contribution in [0.15, 0.2) is 0 Å². The summed E-state index contributed by atoms with van der Waals surface area (Å²) in [4.78, 5) is 12.2. The number of hydrogen-bond acceptors (Lipinski definition) is 3. The maximum absolute atomic E-state index is 10.8. The first-order valence-electron chi connectivity index (χ1n) is 3.08. The molecule has 0 aromatic carbocycles. The van der Waals surface area contributed by atoms with Crippen molar-refractivity contribution in [2.24, 2.45) is 0 Å². The van der Waals surface area contributed by atoms with Crippen molar-refractivity contribution in [3.05, 3.63) is 0 Å². The zero-order chi connectivity index (χ0) is 8.65. The smallest absolute Gasteiger partial charge is 0.237 e. The number of nitrogens with zero attached hydrogens (tertiary/aromatic N) is 1. The molecule has 1 unspecified atom stereocenters. The second kappa shape index (κ2) is 2.64. The highest BCUT2D eigenvalue weighted by Crippen LogP contribution is 2.19. The fraction of sp³-hybridized carbons (Fsp3) is 0.800. The average Bonchev–Trinajstić information content (AvgIpc) is 2.11. The topological polar surface area (TPSA) is 54.5 Å². The molecule has 1 saturated heterocycles. The minimum Gasteiger partial charge on any atom is -0.344 e. The van der Waals surface area contributed by atoms with Gasteiger partial charge >= 0.3 is 0 Å². The fourth-order valence-electron chi connectivity index (χ4n) is 1.01. The first-order chi connectivity index (χ1) is 4.91. The largest absolute Gasteiger partial charge is 0.344 e. The van der Waals surface area contributed by atoms with E-state index in [0.29, 0.717) is 0 Å². The molecule has 0 N–H and O–H groups in total. The molecule has 6 heteroatoms. The quantitative estimate of drug-likeness (QED) is 0.547. The van der Waals surface area contributed by atoms with Crippen molar-refractivity contribution >= 4 is 25.6 Å². The van der Waals surface area contributed by atoms with Gasteiger partial charge in [-0.1, -0.05) is 0 Å². The molecule has 0 spiro atoms. The maximum Gasteiger partial charge on any atom is 0.237 e. The lowest BCUT2D eigenvalue weighted by molar-refractivity contribution is -0.126. The normalized spacial score (nSPS) is 26.2. The summed E-state index contributed by atoms with van der Waals surface area (Å²) in [6, 6.07) is 0. The van der Waals surface area contributed by atoms with E-state index in [2.05, 4.69) is 0 Å². The van der Waals surface area contributed by atoms with Crippen LogP contribution in [0, 0.1) is 0 Å². The molecule has 1 atom stereocenters. The molecule has 0 saturated carbocycles. The summed E-state index contributed by atoms with van der Waals surface area (Å²) < 4.78 is 21.4. The van der Waals surface area contributed by atoms with Gasteiger partial charge in [0.25, 0.3) is 0 Å². The van der Waals surface area contributed by atoms with Crippen molar-refractivity contribution in [3.8, 4) is 0 Å². The Bertz CT molecular complexity index is 273. The van der Waals surface area contributed by atoms with Gasteiger partial charge in [0.1, 0.15) is 5.25 Å². The minimum absolute atomic E-state index is 0.0162. The highest BCUT2D eigenvalue weighted by atomic mass is 35.7. The van der Waals surface area contributed by atoms with Crippen molar-refractivity contribution in [3.63, 3.8) is 0 Å². The van der Waals surface area contributed by atoms with Crippen molar-refractivity contribution in [1.82, 2.24) is 4.90 Å². The third-order valence-corrected chi connectivity index (χ3v) is 3.57. The SMILES string of the molecule is CN1CC(S(=O)(=O)Cl)CC1=O. The second-order valence-corrected chi connectivity index (χ2v) is 5.48. The van der Waals surface area contributed by atoms with Crippen molar-refractivity contribution < 1.29 is 13.2 Å². The number of carbonyl (C=O) groups is 1. The summed E-state index contributed by atoms with van der Waals surface area (Å²) in [7, 11) is 3.06. The van der Waals surface area contributed by atoms with Gasteiger partial charge in [0.05, 0.1) is 0 Å². The van der Waals surface area contributed by atoms with E-state index in [1.165, 1.54) is 4.90 Å². The van der Waals surface area contributed by atoms with Gasteiger partial charge in [-0.25, -0.2) is 8.42 Å². The molecule has 1 amide bonds. The van der Waals surface area contributed by atoms with Crippen molar-refractivity contribution in [2.45, 2.75) is 11.7 Å². The summed E-state index contributed by atoms with van der Waals surface area (Å²) in [5.74, 6) is -0.167. The predicted octanol–water partition coefficient (Wildman–Crippen LogP) is -0.214. The van der Waals surface area contributed by atoms with E-state index >= 15 is 0 Å². The first kappa shape index (κ1) is 8.80. The zero-order valence-electron chi connectivity index (χ0n) is 5.95. The highest BCUT2D eigenvalue weighted by Gasteiger charge is 2.35. The van der Waals surface area contributed by atoms with E-state index in [0.717, 1.165) is 0 Å². The Morgan fingerprint density at radius 3 is 2.36 bits per heavy atom. The molecule has 0 aliphatic carbocycles. The van der Waals surface area contributed by atoms with E-state index < -0.39 is 14.3 Å². The van der Waals surface area contributed by atoms with Crippen LogP contribution in [-0.2, 0) is 13.8 Å². The number of likely N-dealkylation sites (tertiary alicyclic amines) is 1. The molecule has 1 fully saturated rings. The molecule has 11 heavy (non-hydrogen) atoms. The number of halogens is 1. The summed E-state index contributed by atoms with van der Waals surface area (Å²) >= 11 is 0. The van der Waals surface area contributed by atoms with Crippen LogP contribution < -0.4 is 0 Å². The number of rotatable bonds is 1. The summed E-state index contributed by atoms with van der Waals surface area (Å²) in [5.41, 5.74) is 0. The summed E-state index contributed by atoms with van der Waals surface area (Å²) in [5, 5.41) is -0.721. The lowest BCUT2D eigenvalue weighted by atomic mass is 10.4. The molecular weight excluding hydrogens is 190 g/mol. The molecule has 4 nitrogen and oxygen atoms in total. The Hall–Kier alpha value is -0.290. The lowest BCUT2D eigenvalue weighted by Gasteiger charge is -2.06. The van der Waals surface area contributed by atoms with Gasteiger partial charge in [-0.05, 0) is 0 Å². The minimum atomic E-state index is -3.56. The molecule has 64 valence electrons. The molecule has 0 aromatic heterocycles. The Kier molecular flexibility index (Phi) is 2.11. The van der Waals surface area contributed by atoms with Gasteiger partial charge in [0.2, 0.25) is 15.0 Å². The van der Waals surface area contributed by atoms with E-state index in [1.54, 1.807) is 7.05 Å². The number of amides is 1. The Balaban J connectivity index is 2.77. The van der Waals surface area contributed by atoms with Crippen LogP contribution in [0.3, 0.4) is 0 Å². The zero-order valence-corrected chi connectivity index (χ0v) is 7.52. The maximum atomic E-state index is 10.8. The third kappa shape index (κ3) is 1.84. The lowest BCUT2D eigenvalue weighted by Crippen LogP contribution is -2.22. The van der Waals surface area contributed by atoms with Gasteiger partial charge < -0.3 is 4.90 Å². The number of carbonyl (C=O) groups excluding carboxylic acids is 1. The van der Waals surface area contributed by atoms with Gasteiger partial charge in [-0.15, -0.1) is 0 Å². The number of hydrogen-bond donors (Lipinski definition) is 0. The predicted molar refractivity (Wildman–Crippen MR) is 40.8 cm³/mol. The van der Waals surface area contributed by atoms with Gasteiger partial charge in [0.15, 0.2) is 0 Å². The monoisotopic (exact) mass is 197 g/mol. The van der Waals surface area contributed by atoms with Crippen molar-refractivity contribution in [2.75, 3.05) is 13.6 Å². The van der Waals surface area contributed by atoms with Gasteiger partial charge in [-0.3, -0.25) is 4.79 Å². The molecule has 1 aliphatic rings. The Morgan fingerprint density at radius 1 is 1.64 bits per heavy atom. The molecular formula is C5H8ClNO3S. The van der Waals surface area contributed by atoms with Crippen LogP contribution in [0.5, 0.6) is 0 Å². The van der Waals surface area contributed by atoms with Crippen molar-refractivity contribution in [1.29, 1.82) is 0 Å². The molecule has 0 radical (unpaired) electrons. The molecule has 1 aliphatic heterocycles. The Labute approximate surface area is 69.5 Å². The second-order valence-electron chi connectivity index (χ2n) is 2.58. The van der Waals surface area contributed by atoms with E-state index in [9.17, 15) is 13.2 Å². The molecule has 1 rings (SSSR count). The van der Waals surface area contributed by atoms with Crippen LogP contribution in [-0.4, -0.2) is 38.1 Å². The van der Waals surface area contributed by atoms with E-state index in [4.69, 9.17) is 10.7 Å². The van der Waals surface area contributed by atoms with Gasteiger partial charge in [0, 0.05) is 30.7 Å². The molecule has 0 bridgehead atoms. The Morgan fingerprint density at radius 2 is 2.18 bits per heavy atom. The summed E-state index contributed by atoms with van der Waals surface area (Å²) in [6.07, 6.45) is 0.0162. The third-order valence-electron chi connectivity index (χ3n) is 1.70. The van der Waals surface area contributed by atoms with Crippen LogP contribution in [0.25, 0.3) is 0 Å². The average molecular weight is 198 g/mol. The van der Waals surface area contributed by atoms with E-state index in [-0.39, 0.29) is 18.9 Å². The van der Waals surface area contributed by atoms with Crippen LogP contribution in [0.1, 0.15) is 6.42 Å². The standard InChI is InChI=1S/C5H8ClNO3S/c1-7-3-4(2-5(7)8)11(6,9)10/h4H,2-3H2,1H3. The van der Waals surface area contributed by atoms with Crippen LogP contribution in [0.4, 0.5) is 0 Å². The first-order valence-corrected chi connectivity index (χ1v) is 5.46. The molecule has 0 aromatic rings. The van der Waals surface area contributed by atoms with Crippen LogP contribution in [0.2, 0.25) is 0 Å². The summed E-state index contributed by atoms with van der Waals surface area (Å²) in [6.45, 7) is 0.213.